The third-order valence-electron chi connectivity index (χ3n) is 6.90. The van der Waals surface area contributed by atoms with Gasteiger partial charge in [0, 0.05) is 31.9 Å². The quantitative estimate of drug-likeness (QED) is 0.727. The molecule has 2 amide bonds. The van der Waals surface area contributed by atoms with Gasteiger partial charge in [-0.2, -0.15) is 18.4 Å². The van der Waals surface area contributed by atoms with Crippen LogP contribution in [0.15, 0.2) is 29.0 Å². The van der Waals surface area contributed by atoms with Gasteiger partial charge in [-0.1, -0.05) is 0 Å². The molecule has 3 heterocycles. The number of piperidine rings is 1. The molecule has 2 fully saturated rings. The van der Waals surface area contributed by atoms with Gasteiger partial charge in [-0.25, -0.2) is 4.98 Å². The van der Waals surface area contributed by atoms with Crippen molar-refractivity contribution in [2.24, 2.45) is 23.5 Å². The van der Waals surface area contributed by atoms with Crippen LogP contribution in [-0.2, 0) is 11.0 Å². The third-order valence-corrected chi connectivity index (χ3v) is 6.90. The first-order valence-corrected chi connectivity index (χ1v) is 10.9. The predicted molar refractivity (Wildman–Crippen MR) is 114 cm³/mol. The van der Waals surface area contributed by atoms with E-state index in [1.54, 1.807) is 22.8 Å². The number of nitrogens with zero attached hydrogens (tertiary/aromatic N) is 4. The van der Waals surface area contributed by atoms with Crippen molar-refractivity contribution in [3.05, 3.63) is 47.2 Å². The van der Waals surface area contributed by atoms with Crippen LogP contribution >= 0.6 is 0 Å². The summed E-state index contributed by atoms with van der Waals surface area (Å²) in [6.07, 6.45) is -2.15. The lowest BCUT2D eigenvalue weighted by Crippen LogP contribution is -2.42. The van der Waals surface area contributed by atoms with Crippen molar-refractivity contribution >= 4 is 17.5 Å². The number of halogens is 3. The number of carbonyl (C=O) groups is 2. The van der Waals surface area contributed by atoms with E-state index in [1.807, 2.05) is 0 Å². The summed E-state index contributed by atoms with van der Waals surface area (Å²) in [7, 11) is 0. The molecule has 0 aliphatic carbocycles. The molecule has 2 atom stereocenters. The number of aromatic nitrogens is 1. The number of primary amides is 1. The standard InChI is InChI=1S/C23H24F3N5O3/c1-13-20(34-12-29-13)22(33)30-6-4-14(5-7-30)17-10-31(11-18(17)21(28)32)16-3-2-15(9-27)19(8-16)23(24,25)26/h2-3,8,12,14,17-18H,4-7,10-11H2,1H3,(H2,28,32)/t17-,18+/m0/s1. The fraction of sp³-hybridized carbons (Fsp3) is 0.478. The lowest BCUT2D eigenvalue weighted by Gasteiger charge is -2.35. The summed E-state index contributed by atoms with van der Waals surface area (Å²) >= 11 is 0. The van der Waals surface area contributed by atoms with Crippen LogP contribution in [0.5, 0.6) is 0 Å². The first-order chi connectivity index (χ1) is 16.1. The highest BCUT2D eigenvalue weighted by Gasteiger charge is 2.43. The second-order valence-corrected chi connectivity index (χ2v) is 8.81. The summed E-state index contributed by atoms with van der Waals surface area (Å²) in [6.45, 7) is 3.22. The monoisotopic (exact) mass is 475 g/mol. The normalized spacial score (nSPS) is 21.5. The van der Waals surface area contributed by atoms with Crippen LogP contribution in [0.1, 0.15) is 40.2 Å². The molecular weight excluding hydrogens is 451 g/mol. The highest BCUT2D eigenvalue weighted by atomic mass is 19.4. The van der Waals surface area contributed by atoms with E-state index in [2.05, 4.69) is 4.98 Å². The molecule has 2 aliphatic heterocycles. The van der Waals surface area contributed by atoms with Crippen LogP contribution in [0.3, 0.4) is 0 Å². The minimum Gasteiger partial charge on any atom is -0.438 e. The number of rotatable bonds is 4. The van der Waals surface area contributed by atoms with Gasteiger partial charge in [-0.3, -0.25) is 9.59 Å². The Bertz CT molecular complexity index is 1130. The Labute approximate surface area is 194 Å². The molecule has 0 bridgehead atoms. The lowest BCUT2D eigenvalue weighted by molar-refractivity contribution is -0.137. The van der Waals surface area contributed by atoms with Crippen LogP contribution in [0.2, 0.25) is 0 Å². The highest BCUT2D eigenvalue weighted by molar-refractivity contribution is 5.92. The summed E-state index contributed by atoms with van der Waals surface area (Å²) in [5, 5.41) is 9.04. The van der Waals surface area contributed by atoms with Gasteiger partial charge in [-0.05, 0) is 49.8 Å². The number of hydrogen-bond acceptors (Lipinski definition) is 6. The smallest absolute Gasteiger partial charge is 0.417 e. The molecule has 1 aromatic heterocycles. The van der Waals surface area contributed by atoms with E-state index in [0.717, 1.165) is 12.1 Å². The number of alkyl halides is 3. The maximum atomic E-state index is 13.4. The Morgan fingerprint density at radius 3 is 2.50 bits per heavy atom. The van der Waals surface area contributed by atoms with Crippen LogP contribution in [0, 0.1) is 36.0 Å². The van der Waals surface area contributed by atoms with Crippen LogP contribution < -0.4 is 10.6 Å². The van der Waals surface area contributed by atoms with Crippen molar-refractivity contribution in [1.29, 1.82) is 5.26 Å². The highest BCUT2D eigenvalue weighted by Crippen LogP contribution is 2.40. The van der Waals surface area contributed by atoms with E-state index < -0.39 is 29.1 Å². The second kappa shape index (κ2) is 9.00. The van der Waals surface area contributed by atoms with E-state index in [-0.39, 0.29) is 30.0 Å². The minimum atomic E-state index is -4.66. The summed E-state index contributed by atoms with van der Waals surface area (Å²) < 4.78 is 45.4. The Morgan fingerprint density at radius 1 is 1.24 bits per heavy atom. The number of nitriles is 1. The number of anilines is 1. The van der Waals surface area contributed by atoms with Gasteiger partial charge in [-0.15, -0.1) is 0 Å². The zero-order chi connectivity index (χ0) is 24.6. The van der Waals surface area contributed by atoms with Crippen molar-refractivity contribution in [2.45, 2.75) is 25.9 Å². The van der Waals surface area contributed by atoms with Crippen LogP contribution in [-0.4, -0.2) is 47.9 Å². The van der Waals surface area contributed by atoms with E-state index in [4.69, 9.17) is 15.4 Å². The van der Waals surface area contributed by atoms with Crippen LogP contribution in [0.4, 0.5) is 18.9 Å². The molecule has 2 aliphatic rings. The largest absolute Gasteiger partial charge is 0.438 e. The third kappa shape index (κ3) is 4.44. The Kier molecular flexibility index (Phi) is 6.25. The van der Waals surface area contributed by atoms with Gasteiger partial charge in [0.25, 0.3) is 5.91 Å². The van der Waals surface area contributed by atoms with E-state index in [0.29, 0.717) is 43.9 Å². The fourth-order valence-electron chi connectivity index (χ4n) is 5.06. The molecule has 4 rings (SSSR count). The first kappa shape index (κ1) is 23.6. The summed E-state index contributed by atoms with van der Waals surface area (Å²) in [5.41, 5.74) is 5.04. The average molecular weight is 475 g/mol. The first-order valence-electron chi connectivity index (χ1n) is 10.9. The van der Waals surface area contributed by atoms with Gasteiger partial charge in [0.1, 0.15) is 0 Å². The van der Waals surface area contributed by atoms with E-state index in [9.17, 15) is 22.8 Å². The average Bonchev–Trinajstić information content (AvgIpc) is 3.44. The number of likely N-dealkylation sites (tertiary alicyclic amines) is 1. The summed E-state index contributed by atoms with van der Waals surface area (Å²) in [5.74, 6) is -1.09. The molecule has 0 radical (unpaired) electrons. The molecule has 180 valence electrons. The summed E-state index contributed by atoms with van der Waals surface area (Å²) in [4.78, 5) is 32.3. The minimum absolute atomic E-state index is 0.0860. The van der Waals surface area contributed by atoms with Gasteiger partial charge < -0.3 is 20.0 Å². The molecule has 0 spiro atoms. The number of carbonyl (C=O) groups excluding carboxylic acids is 2. The molecule has 2 N–H and O–H groups in total. The Balaban J connectivity index is 1.49. The number of aryl methyl sites for hydroxylation is 1. The topological polar surface area (TPSA) is 116 Å². The van der Waals surface area contributed by atoms with Gasteiger partial charge in [0.05, 0.1) is 28.8 Å². The van der Waals surface area contributed by atoms with Crippen molar-refractivity contribution in [1.82, 2.24) is 9.88 Å². The molecule has 2 saturated heterocycles. The van der Waals surface area contributed by atoms with Gasteiger partial charge >= 0.3 is 6.18 Å². The van der Waals surface area contributed by atoms with Crippen LogP contribution in [0.25, 0.3) is 0 Å². The van der Waals surface area contributed by atoms with Gasteiger partial charge in [0.2, 0.25) is 11.7 Å². The number of oxazole rings is 1. The number of hydrogen-bond donors (Lipinski definition) is 1. The van der Waals surface area contributed by atoms with Gasteiger partial charge in [0.15, 0.2) is 6.39 Å². The SMILES string of the molecule is Cc1ncoc1C(=O)N1CCC([C@@H]2CN(c3ccc(C#N)c(C(F)(F)F)c3)C[C@H]2C(N)=O)CC1. The summed E-state index contributed by atoms with van der Waals surface area (Å²) in [6, 6.07) is 5.16. The fourth-order valence-corrected chi connectivity index (χ4v) is 5.06. The molecule has 1 aromatic carbocycles. The van der Waals surface area contributed by atoms with E-state index in [1.165, 1.54) is 12.5 Å². The lowest BCUT2D eigenvalue weighted by atomic mass is 9.78. The maximum Gasteiger partial charge on any atom is 0.417 e. The molecule has 2 aromatic rings. The Morgan fingerprint density at radius 2 is 1.94 bits per heavy atom. The van der Waals surface area contributed by atoms with Crippen molar-refractivity contribution < 1.29 is 27.2 Å². The van der Waals surface area contributed by atoms with Crippen molar-refractivity contribution in [3.8, 4) is 6.07 Å². The number of benzene rings is 1. The maximum absolute atomic E-state index is 13.4. The molecule has 0 unspecified atom stereocenters. The number of amides is 2. The molecule has 11 heteroatoms. The Hall–Kier alpha value is -3.55. The zero-order valence-electron chi connectivity index (χ0n) is 18.5. The van der Waals surface area contributed by atoms with Crippen molar-refractivity contribution in [2.75, 3.05) is 31.1 Å². The molecular formula is C23H24F3N5O3. The van der Waals surface area contributed by atoms with Crippen molar-refractivity contribution in [3.63, 3.8) is 0 Å². The van der Waals surface area contributed by atoms with E-state index >= 15 is 0 Å². The molecule has 8 nitrogen and oxygen atoms in total. The molecule has 34 heavy (non-hydrogen) atoms. The molecule has 0 saturated carbocycles. The number of nitrogens with two attached hydrogens (primary N) is 1. The zero-order valence-corrected chi connectivity index (χ0v) is 18.5. The second-order valence-electron chi connectivity index (χ2n) is 8.81. The predicted octanol–water partition coefficient (Wildman–Crippen LogP) is 2.96.